The minimum atomic E-state index is -0.996. The molecule has 4 rings (SSSR count). The first-order chi connectivity index (χ1) is 12.9. The Morgan fingerprint density at radius 1 is 1.15 bits per heavy atom. The monoisotopic (exact) mass is 370 g/mol. The molecule has 2 heterocycles. The second kappa shape index (κ2) is 6.64. The number of hydrogen-bond donors (Lipinski definition) is 1. The molecule has 0 saturated carbocycles. The molecule has 27 heavy (non-hydrogen) atoms. The van der Waals surface area contributed by atoms with Crippen molar-refractivity contribution in [3.05, 3.63) is 35.4 Å². The molecule has 2 fully saturated rings. The van der Waals surface area contributed by atoms with E-state index >= 15 is 0 Å². The molecule has 0 bridgehead atoms. The third-order valence-corrected chi connectivity index (χ3v) is 6.11. The maximum absolute atomic E-state index is 13.1. The highest BCUT2D eigenvalue weighted by Gasteiger charge is 2.55. The average molecular weight is 370 g/mol. The van der Waals surface area contributed by atoms with Crippen LogP contribution in [0.25, 0.3) is 0 Å². The van der Waals surface area contributed by atoms with E-state index in [1.165, 1.54) is 0 Å². The van der Waals surface area contributed by atoms with Gasteiger partial charge in [-0.1, -0.05) is 24.3 Å². The summed E-state index contributed by atoms with van der Waals surface area (Å²) >= 11 is 0. The van der Waals surface area contributed by atoms with E-state index in [0.717, 1.165) is 35.5 Å². The first-order valence-electron chi connectivity index (χ1n) is 9.67. The number of amides is 4. The van der Waals surface area contributed by atoms with E-state index in [1.807, 2.05) is 24.3 Å². The zero-order valence-electron chi connectivity index (χ0n) is 15.9. The molecular weight excluding hydrogens is 344 g/mol. The van der Waals surface area contributed by atoms with Crippen molar-refractivity contribution < 1.29 is 14.4 Å². The Bertz CT molecular complexity index is 785. The summed E-state index contributed by atoms with van der Waals surface area (Å²) in [6, 6.07) is 7.70. The van der Waals surface area contributed by atoms with Gasteiger partial charge in [-0.3, -0.25) is 19.4 Å². The molecule has 1 aromatic carbocycles. The predicted octanol–water partition coefficient (Wildman–Crippen LogP) is 0.933. The summed E-state index contributed by atoms with van der Waals surface area (Å²) in [7, 11) is 0. The fourth-order valence-electron chi connectivity index (χ4n) is 4.46. The van der Waals surface area contributed by atoms with Gasteiger partial charge < -0.3 is 10.2 Å². The van der Waals surface area contributed by atoms with Gasteiger partial charge >= 0.3 is 6.03 Å². The first-order valence-corrected chi connectivity index (χ1v) is 9.67. The van der Waals surface area contributed by atoms with Crippen LogP contribution in [0.1, 0.15) is 31.4 Å². The van der Waals surface area contributed by atoms with Crippen molar-refractivity contribution in [1.82, 2.24) is 20.0 Å². The largest absolute Gasteiger partial charge is 0.339 e. The van der Waals surface area contributed by atoms with Crippen LogP contribution >= 0.6 is 0 Å². The summed E-state index contributed by atoms with van der Waals surface area (Å²) in [5.41, 5.74) is 0.956. The van der Waals surface area contributed by atoms with Gasteiger partial charge in [0.25, 0.3) is 5.91 Å². The lowest BCUT2D eigenvalue weighted by Crippen LogP contribution is -2.53. The molecule has 7 heteroatoms. The topological polar surface area (TPSA) is 73.0 Å². The second-order valence-corrected chi connectivity index (χ2v) is 7.89. The van der Waals surface area contributed by atoms with E-state index in [9.17, 15) is 14.4 Å². The van der Waals surface area contributed by atoms with Gasteiger partial charge in [-0.25, -0.2) is 4.79 Å². The second-order valence-electron chi connectivity index (χ2n) is 7.89. The van der Waals surface area contributed by atoms with Gasteiger partial charge in [0.1, 0.15) is 12.1 Å². The predicted molar refractivity (Wildman–Crippen MR) is 100.0 cm³/mol. The number of hydrogen-bond acceptors (Lipinski definition) is 4. The van der Waals surface area contributed by atoms with Crippen molar-refractivity contribution in [3.63, 3.8) is 0 Å². The van der Waals surface area contributed by atoms with Crippen molar-refractivity contribution in [3.8, 4) is 0 Å². The Hall–Kier alpha value is -2.41. The number of nitrogens with one attached hydrogen (secondary N) is 1. The Balaban J connectivity index is 1.46. The number of benzene rings is 1. The van der Waals surface area contributed by atoms with Crippen molar-refractivity contribution in [2.45, 2.75) is 38.3 Å². The maximum Gasteiger partial charge on any atom is 0.325 e. The van der Waals surface area contributed by atoms with Gasteiger partial charge in [0, 0.05) is 32.2 Å². The molecule has 1 N–H and O–H groups in total. The van der Waals surface area contributed by atoms with Gasteiger partial charge in [-0.2, -0.15) is 0 Å². The van der Waals surface area contributed by atoms with Crippen LogP contribution in [0, 0.1) is 0 Å². The molecular formula is C20H26N4O3. The fraction of sp³-hybridized carbons (Fsp3) is 0.550. The lowest BCUT2D eigenvalue weighted by molar-refractivity contribution is -0.140. The van der Waals surface area contributed by atoms with Crippen LogP contribution in [0.15, 0.2) is 24.3 Å². The zero-order chi connectivity index (χ0) is 19.2. The standard InChI is InChI=1S/C20H26N4O3/c1-14(2)22-9-11-23(12-10-22)17(25)13-24-18(26)20(21-19(24)27)8-7-15-5-3-4-6-16(15)20/h3-6,14H,7-13H2,1-2H3,(H,21,27). The summed E-state index contributed by atoms with van der Waals surface area (Å²) in [4.78, 5) is 43.5. The summed E-state index contributed by atoms with van der Waals surface area (Å²) in [5.74, 6) is -0.461. The molecule has 2 aliphatic heterocycles. The Kier molecular flexibility index (Phi) is 4.42. The molecule has 1 aromatic rings. The average Bonchev–Trinajstić information content (AvgIpc) is 3.15. The Labute approximate surface area is 159 Å². The fourth-order valence-corrected chi connectivity index (χ4v) is 4.46. The van der Waals surface area contributed by atoms with E-state index in [4.69, 9.17) is 0 Å². The number of rotatable bonds is 3. The molecule has 0 aromatic heterocycles. The summed E-state index contributed by atoms with van der Waals surface area (Å²) < 4.78 is 0. The van der Waals surface area contributed by atoms with Crippen LogP contribution in [0.4, 0.5) is 4.79 Å². The minimum Gasteiger partial charge on any atom is -0.339 e. The molecule has 7 nitrogen and oxygen atoms in total. The normalized spacial score (nSPS) is 25.4. The molecule has 144 valence electrons. The van der Waals surface area contributed by atoms with Gasteiger partial charge in [0.05, 0.1) is 0 Å². The van der Waals surface area contributed by atoms with E-state index in [1.54, 1.807) is 4.90 Å². The molecule has 0 radical (unpaired) electrons. The number of carbonyl (C=O) groups excluding carboxylic acids is 3. The quantitative estimate of drug-likeness (QED) is 0.804. The lowest BCUT2D eigenvalue weighted by atomic mass is 9.92. The molecule has 1 spiro atoms. The van der Waals surface area contributed by atoms with Crippen LogP contribution in [-0.4, -0.2) is 71.3 Å². The van der Waals surface area contributed by atoms with Gasteiger partial charge in [0.15, 0.2) is 0 Å². The highest BCUT2D eigenvalue weighted by molar-refractivity contribution is 6.09. The van der Waals surface area contributed by atoms with Crippen LogP contribution < -0.4 is 5.32 Å². The smallest absolute Gasteiger partial charge is 0.325 e. The number of urea groups is 1. The summed E-state index contributed by atoms with van der Waals surface area (Å²) in [5, 5.41) is 2.87. The highest BCUT2D eigenvalue weighted by atomic mass is 16.2. The van der Waals surface area contributed by atoms with E-state index in [2.05, 4.69) is 24.1 Å². The van der Waals surface area contributed by atoms with Crippen molar-refractivity contribution >= 4 is 17.8 Å². The first kappa shape index (κ1) is 18.0. The summed E-state index contributed by atoms with van der Waals surface area (Å²) in [6.07, 6.45) is 1.30. The van der Waals surface area contributed by atoms with E-state index in [0.29, 0.717) is 25.6 Å². The van der Waals surface area contributed by atoms with E-state index < -0.39 is 11.6 Å². The zero-order valence-corrected chi connectivity index (χ0v) is 15.9. The number of piperazine rings is 1. The molecule has 2 saturated heterocycles. The van der Waals surface area contributed by atoms with Crippen LogP contribution in [-0.2, 0) is 21.5 Å². The number of nitrogens with zero attached hydrogens (tertiary/aromatic N) is 3. The SMILES string of the molecule is CC(C)N1CCN(C(=O)CN2C(=O)NC3(CCc4ccccc43)C2=O)CC1. The molecule has 4 amide bonds. The molecule has 1 atom stereocenters. The van der Waals surface area contributed by atoms with Gasteiger partial charge in [-0.05, 0) is 37.8 Å². The lowest BCUT2D eigenvalue weighted by Gasteiger charge is -2.37. The third kappa shape index (κ3) is 2.90. The van der Waals surface area contributed by atoms with Crippen molar-refractivity contribution in [1.29, 1.82) is 0 Å². The third-order valence-electron chi connectivity index (χ3n) is 6.11. The number of carbonyl (C=O) groups is 3. The Morgan fingerprint density at radius 3 is 2.56 bits per heavy atom. The van der Waals surface area contributed by atoms with Crippen molar-refractivity contribution in [2.24, 2.45) is 0 Å². The maximum atomic E-state index is 13.1. The molecule has 1 unspecified atom stereocenters. The number of aryl methyl sites for hydroxylation is 1. The number of fused-ring (bicyclic) bond motifs is 2. The minimum absolute atomic E-state index is 0.162. The van der Waals surface area contributed by atoms with Gasteiger partial charge in [-0.15, -0.1) is 0 Å². The molecule has 3 aliphatic rings. The summed E-state index contributed by atoms with van der Waals surface area (Å²) in [6.45, 7) is 7.01. The van der Waals surface area contributed by atoms with Crippen molar-refractivity contribution in [2.75, 3.05) is 32.7 Å². The van der Waals surface area contributed by atoms with Gasteiger partial charge in [0.2, 0.25) is 5.91 Å². The highest BCUT2D eigenvalue weighted by Crippen LogP contribution is 2.41. The van der Waals surface area contributed by atoms with Crippen LogP contribution in [0.5, 0.6) is 0 Å². The number of imide groups is 1. The molecule has 1 aliphatic carbocycles. The Morgan fingerprint density at radius 2 is 1.85 bits per heavy atom. The van der Waals surface area contributed by atoms with Crippen LogP contribution in [0.3, 0.4) is 0 Å². The van der Waals surface area contributed by atoms with E-state index in [-0.39, 0.29) is 18.4 Å². The van der Waals surface area contributed by atoms with Crippen LogP contribution in [0.2, 0.25) is 0 Å².